The van der Waals surface area contributed by atoms with Gasteiger partial charge in [-0.3, -0.25) is 9.69 Å². The summed E-state index contributed by atoms with van der Waals surface area (Å²) in [5.74, 6) is -0.296. The molecule has 1 N–H and O–H groups in total. The normalized spacial score (nSPS) is 16.5. The van der Waals surface area contributed by atoms with E-state index in [0.717, 1.165) is 5.56 Å². The summed E-state index contributed by atoms with van der Waals surface area (Å²) in [5.41, 5.74) is 0.251. The SMILES string of the molecule is CC(C)(C)OC(=O)[N+]1(C=O)CCN(Cc2ccn(Cc3ccc(Cl)cc3)c(=O)c2O)CC1. The lowest BCUT2D eigenvalue weighted by Gasteiger charge is -2.38. The van der Waals surface area contributed by atoms with Crippen LogP contribution in [-0.2, 0) is 22.6 Å². The number of aromatic nitrogens is 1. The number of pyridine rings is 1. The largest absolute Gasteiger partial charge is 0.523 e. The average molecular weight is 463 g/mol. The highest BCUT2D eigenvalue weighted by Crippen LogP contribution is 2.21. The highest BCUT2D eigenvalue weighted by molar-refractivity contribution is 6.30. The van der Waals surface area contributed by atoms with Crippen LogP contribution in [0.25, 0.3) is 0 Å². The lowest BCUT2D eigenvalue weighted by atomic mass is 10.1. The van der Waals surface area contributed by atoms with Crippen molar-refractivity contribution in [3.63, 3.8) is 0 Å². The minimum Gasteiger partial charge on any atom is -0.503 e. The number of benzene rings is 1. The minimum absolute atomic E-state index is 0.271. The van der Waals surface area contributed by atoms with Gasteiger partial charge in [0.25, 0.3) is 5.56 Å². The van der Waals surface area contributed by atoms with E-state index in [1.54, 1.807) is 45.2 Å². The summed E-state index contributed by atoms with van der Waals surface area (Å²) in [7, 11) is 0. The van der Waals surface area contributed by atoms with E-state index < -0.39 is 17.3 Å². The van der Waals surface area contributed by atoms with Crippen molar-refractivity contribution < 1.29 is 23.9 Å². The van der Waals surface area contributed by atoms with Crippen molar-refractivity contribution >= 4 is 24.1 Å². The van der Waals surface area contributed by atoms with E-state index in [1.807, 2.05) is 17.0 Å². The van der Waals surface area contributed by atoms with Gasteiger partial charge in [-0.05, 0) is 44.5 Å². The van der Waals surface area contributed by atoms with Gasteiger partial charge in [-0.2, -0.15) is 9.28 Å². The number of hydrogen-bond donors (Lipinski definition) is 1. The van der Waals surface area contributed by atoms with Gasteiger partial charge in [0.2, 0.25) is 0 Å². The molecule has 0 bridgehead atoms. The Hall–Kier alpha value is -2.68. The van der Waals surface area contributed by atoms with Crippen molar-refractivity contribution in [2.24, 2.45) is 0 Å². The molecule has 172 valence electrons. The van der Waals surface area contributed by atoms with Crippen LogP contribution in [0.3, 0.4) is 0 Å². The molecule has 2 amide bonds. The number of halogens is 1. The third kappa shape index (κ3) is 5.56. The standard InChI is InChI=1S/C23H28ClN3O5/c1-23(2,3)32-22(31)27(16-28)12-10-25(11-13-27)15-18-8-9-26(21(30)20(18)29)14-17-4-6-19(24)7-5-17/h4-9,16H,10-15H2,1-3H3/p+1. The first kappa shape index (κ1) is 24.0. The van der Waals surface area contributed by atoms with Crippen LogP contribution in [0, 0.1) is 0 Å². The summed E-state index contributed by atoms with van der Waals surface area (Å²) in [6.45, 7) is 7.40. The van der Waals surface area contributed by atoms with Crippen LogP contribution < -0.4 is 5.56 Å². The Morgan fingerprint density at radius 3 is 2.34 bits per heavy atom. The number of hydrogen-bond acceptors (Lipinski definition) is 6. The Morgan fingerprint density at radius 1 is 1.16 bits per heavy atom. The van der Waals surface area contributed by atoms with Crippen molar-refractivity contribution in [3.05, 3.63) is 63.0 Å². The number of ether oxygens (including phenoxy) is 1. The fourth-order valence-electron chi connectivity index (χ4n) is 3.58. The van der Waals surface area contributed by atoms with E-state index in [4.69, 9.17) is 16.3 Å². The smallest absolute Gasteiger partial charge is 0.503 e. The molecule has 8 nitrogen and oxygen atoms in total. The van der Waals surface area contributed by atoms with E-state index in [0.29, 0.717) is 43.2 Å². The molecule has 0 spiro atoms. The van der Waals surface area contributed by atoms with Crippen LogP contribution in [0.5, 0.6) is 5.75 Å². The van der Waals surface area contributed by atoms with E-state index in [-0.39, 0.29) is 23.3 Å². The molecular weight excluding hydrogens is 434 g/mol. The van der Waals surface area contributed by atoms with Gasteiger partial charge in [0.1, 0.15) is 18.7 Å². The molecule has 2 heterocycles. The number of aromatic hydroxyl groups is 1. The van der Waals surface area contributed by atoms with Gasteiger partial charge in [0.05, 0.1) is 6.54 Å². The highest BCUT2D eigenvalue weighted by Gasteiger charge is 2.44. The third-order valence-electron chi connectivity index (χ3n) is 5.47. The topological polar surface area (TPSA) is 88.8 Å². The van der Waals surface area contributed by atoms with E-state index in [1.165, 1.54) is 4.57 Å². The molecule has 0 unspecified atom stereocenters. The molecule has 0 aliphatic carbocycles. The molecule has 3 rings (SSSR count). The van der Waals surface area contributed by atoms with E-state index >= 15 is 0 Å². The lowest BCUT2D eigenvalue weighted by Crippen LogP contribution is -2.62. The molecule has 1 saturated heterocycles. The first-order chi connectivity index (χ1) is 15.0. The van der Waals surface area contributed by atoms with Crippen molar-refractivity contribution in [2.75, 3.05) is 26.2 Å². The van der Waals surface area contributed by atoms with Gasteiger partial charge >= 0.3 is 12.5 Å². The number of rotatable bonds is 5. The zero-order chi connectivity index (χ0) is 23.5. The molecule has 1 aliphatic rings. The molecule has 32 heavy (non-hydrogen) atoms. The Morgan fingerprint density at radius 2 is 1.78 bits per heavy atom. The Bertz CT molecular complexity index is 1040. The third-order valence-corrected chi connectivity index (χ3v) is 5.72. The number of carbonyl (C=O) groups is 2. The summed E-state index contributed by atoms with van der Waals surface area (Å²) < 4.78 is 6.47. The number of piperazine rings is 1. The summed E-state index contributed by atoms with van der Waals surface area (Å²) in [6, 6.07) is 8.88. The lowest BCUT2D eigenvalue weighted by molar-refractivity contribution is -0.780. The zero-order valence-corrected chi connectivity index (χ0v) is 19.3. The summed E-state index contributed by atoms with van der Waals surface area (Å²) in [4.78, 5) is 38.9. The van der Waals surface area contributed by atoms with E-state index in [9.17, 15) is 19.5 Å². The van der Waals surface area contributed by atoms with Crippen molar-refractivity contribution in [1.82, 2.24) is 9.47 Å². The number of carbonyl (C=O) groups excluding carboxylic acids is 2. The Labute approximate surface area is 192 Å². The first-order valence-corrected chi connectivity index (χ1v) is 10.9. The van der Waals surface area contributed by atoms with Gasteiger partial charge in [-0.25, -0.2) is 4.79 Å². The molecule has 1 aromatic heterocycles. The van der Waals surface area contributed by atoms with Crippen LogP contribution in [0.1, 0.15) is 31.9 Å². The maximum atomic E-state index is 12.6. The molecule has 9 heteroatoms. The zero-order valence-electron chi connectivity index (χ0n) is 18.6. The van der Waals surface area contributed by atoms with E-state index in [2.05, 4.69) is 0 Å². The van der Waals surface area contributed by atoms with Crippen LogP contribution in [0.2, 0.25) is 5.02 Å². The molecule has 1 aliphatic heterocycles. The second-order valence-corrected chi connectivity index (χ2v) is 9.53. The molecule has 2 aromatic rings. The van der Waals surface area contributed by atoms with Gasteiger partial charge in [0.15, 0.2) is 5.75 Å². The fraction of sp³-hybridized carbons (Fsp3) is 0.435. The molecule has 1 aromatic carbocycles. The molecule has 0 radical (unpaired) electrons. The second kappa shape index (κ2) is 9.44. The summed E-state index contributed by atoms with van der Waals surface area (Å²) in [5, 5.41) is 11.1. The van der Waals surface area contributed by atoms with Crippen LogP contribution in [0.15, 0.2) is 41.3 Å². The van der Waals surface area contributed by atoms with Crippen molar-refractivity contribution in [2.45, 2.75) is 39.5 Å². The van der Waals surface area contributed by atoms with Crippen molar-refractivity contribution in [3.8, 4) is 5.75 Å². The monoisotopic (exact) mass is 462 g/mol. The van der Waals surface area contributed by atoms with Gasteiger partial charge in [-0.1, -0.05) is 23.7 Å². The molecule has 0 atom stereocenters. The maximum absolute atomic E-state index is 12.6. The fourth-order valence-corrected chi connectivity index (χ4v) is 3.71. The van der Waals surface area contributed by atoms with Gasteiger partial charge in [-0.15, -0.1) is 0 Å². The maximum Gasteiger partial charge on any atom is 0.523 e. The van der Waals surface area contributed by atoms with Crippen LogP contribution in [0.4, 0.5) is 4.79 Å². The number of nitrogens with zero attached hydrogens (tertiary/aromatic N) is 3. The Kier molecular flexibility index (Phi) is 7.07. The van der Waals surface area contributed by atoms with Crippen LogP contribution >= 0.6 is 11.6 Å². The first-order valence-electron chi connectivity index (χ1n) is 10.5. The van der Waals surface area contributed by atoms with Gasteiger partial charge < -0.3 is 14.4 Å². The molecular formula is C23H29ClN3O5+. The predicted molar refractivity (Wildman–Crippen MR) is 120 cm³/mol. The minimum atomic E-state index is -0.676. The second-order valence-electron chi connectivity index (χ2n) is 9.09. The summed E-state index contributed by atoms with van der Waals surface area (Å²) >= 11 is 5.90. The number of amides is 2. The highest BCUT2D eigenvalue weighted by atomic mass is 35.5. The summed E-state index contributed by atoms with van der Waals surface area (Å²) in [6.07, 6.45) is 1.74. The predicted octanol–water partition coefficient (Wildman–Crippen LogP) is 2.98. The van der Waals surface area contributed by atoms with Gasteiger partial charge in [0, 0.05) is 36.4 Å². The van der Waals surface area contributed by atoms with Crippen molar-refractivity contribution in [1.29, 1.82) is 0 Å². The number of imide groups is 1. The quantitative estimate of drug-likeness (QED) is 0.542. The average Bonchev–Trinajstić information content (AvgIpc) is 2.74. The Balaban J connectivity index is 1.66. The number of quaternary nitrogens is 1. The molecule has 0 saturated carbocycles. The molecule has 1 fully saturated rings. The van der Waals surface area contributed by atoms with Crippen LogP contribution in [-0.4, -0.2) is 63.3 Å².